The van der Waals surface area contributed by atoms with Gasteiger partial charge in [-0.2, -0.15) is 0 Å². The van der Waals surface area contributed by atoms with Gasteiger partial charge in [0.1, 0.15) is 5.60 Å². The molecule has 0 aliphatic rings. The molecule has 0 saturated heterocycles. The van der Waals surface area contributed by atoms with Crippen molar-refractivity contribution in [3.05, 3.63) is 35.4 Å². The largest absolute Gasteiger partial charge is 0.463 e. The van der Waals surface area contributed by atoms with Gasteiger partial charge in [-0.15, -0.1) is 0 Å². The Morgan fingerprint density at radius 2 is 1.87 bits per heavy atom. The highest BCUT2D eigenvalue weighted by atomic mass is 16.6. The number of nitrogens with one attached hydrogen (secondary N) is 1. The molecule has 0 unspecified atom stereocenters. The Morgan fingerprint density at radius 1 is 1.22 bits per heavy atom. The lowest BCUT2D eigenvalue weighted by Crippen LogP contribution is -2.36. The molecule has 1 aromatic carbocycles. The van der Waals surface area contributed by atoms with Gasteiger partial charge in [0.25, 0.3) is 0 Å². The molecule has 5 heteroatoms. The van der Waals surface area contributed by atoms with Gasteiger partial charge in [0.05, 0.1) is 18.6 Å². The molecule has 1 amide bonds. The van der Waals surface area contributed by atoms with Crippen molar-refractivity contribution in [2.24, 2.45) is 0 Å². The van der Waals surface area contributed by atoms with Crippen LogP contribution in [0.2, 0.25) is 0 Å². The predicted octanol–water partition coefficient (Wildman–Crippen LogP) is 3.90. The van der Waals surface area contributed by atoms with Crippen LogP contribution in [0.5, 0.6) is 0 Å². The van der Waals surface area contributed by atoms with Crippen molar-refractivity contribution in [2.75, 3.05) is 0 Å². The number of benzene rings is 1. The molecule has 23 heavy (non-hydrogen) atoms. The van der Waals surface area contributed by atoms with Gasteiger partial charge in [-0.1, -0.05) is 29.8 Å². The van der Waals surface area contributed by atoms with Gasteiger partial charge in [0, 0.05) is 0 Å². The highest BCUT2D eigenvalue weighted by Crippen LogP contribution is 2.20. The van der Waals surface area contributed by atoms with E-state index in [0.29, 0.717) is 0 Å². The van der Waals surface area contributed by atoms with Crippen molar-refractivity contribution >= 4 is 12.1 Å². The minimum Gasteiger partial charge on any atom is -0.463 e. The monoisotopic (exact) mass is 321 g/mol. The highest BCUT2D eigenvalue weighted by molar-refractivity contribution is 5.73. The van der Waals surface area contributed by atoms with E-state index in [-0.39, 0.29) is 18.5 Å². The van der Waals surface area contributed by atoms with Crippen molar-refractivity contribution in [3.8, 4) is 0 Å². The number of amides is 1. The molecule has 0 aliphatic carbocycles. The van der Waals surface area contributed by atoms with Crippen LogP contribution < -0.4 is 5.32 Å². The summed E-state index contributed by atoms with van der Waals surface area (Å²) in [6, 6.07) is 7.17. The Hall–Kier alpha value is -2.04. The van der Waals surface area contributed by atoms with Crippen LogP contribution in [0, 0.1) is 6.92 Å². The fourth-order valence-electron chi connectivity index (χ4n) is 2.07. The number of aryl methyl sites for hydroxylation is 1. The Bertz CT molecular complexity index is 546. The number of rotatable bonds is 5. The van der Waals surface area contributed by atoms with Crippen LogP contribution in [0.15, 0.2) is 24.3 Å². The first-order valence-electron chi connectivity index (χ1n) is 7.82. The number of hydrogen-bond acceptors (Lipinski definition) is 4. The number of hydrogen-bond donors (Lipinski definition) is 1. The third-order valence-electron chi connectivity index (χ3n) is 2.87. The number of ether oxygens (including phenoxy) is 2. The van der Waals surface area contributed by atoms with Crippen molar-refractivity contribution in [2.45, 2.75) is 65.7 Å². The molecule has 0 aromatic heterocycles. The van der Waals surface area contributed by atoms with Crippen LogP contribution in [-0.4, -0.2) is 23.8 Å². The van der Waals surface area contributed by atoms with Crippen molar-refractivity contribution in [1.82, 2.24) is 5.32 Å². The normalized spacial score (nSPS) is 12.7. The zero-order valence-corrected chi connectivity index (χ0v) is 14.8. The summed E-state index contributed by atoms with van der Waals surface area (Å²) >= 11 is 0. The maximum absolute atomic E-state index is 12.0. The summed E-state index contributed by atoms with van der Waals surface area (Å²) in [5.74, 6) is -0.359. The summed E-state index contributed by atoms with van der Waals surface area (Å²) in [4.78, 5) is 24.0. The van der Waals surface area contributed by atoms with E-state index in [4.69, 9.17) is 9.47 Å². The third-order valence-corrected chi connectivity index (χ3v) is 2.87. The van der Waals surface area contributed by atoms with Gasteiger partial charge < -0.3 is 14.8 Å². The Morgan fingerprint density at radius 3 is 2.39 bits per heavy atom. The summed E-state index contributed by atoms with van der Waals surface area (Å²) in [7, 11) is 0. The fourth-order valence-corrected chi connectivity index (χ4v) is 2.07. The molecule has 0 saturated carbocycles. The SMILES string of the molecule is Cc1cccc([C@@H](CC(=O)OC(C)C)NC(=O)OC(C)(C)C)c1. The van der Waals surface area contributed by atoms with E-state index in [0.717, 1.165) is 11.1 Å². The van der Waals surface area contributed by atoms with Gasteiger partial charge in [-0.05, 0) is 47.1 Å². The van der Waals surface area contributed by atoms with Crippen LogP contribution in [-0.2, 0) is 14.3 Å². The Balaban J connectivity index is 2.88. The van der Waals surface area contributed by atoms with Gasteiger partial charge >= 0.3 is 12.1 Å². The molecular weight excluding hydrogens is 294 g/mol. The van der Waals surface area contributed by atoms with Gasteiger partial charge in [-0.3, -0.25) is 4.79 Å². The topological polar surface area (TPSA) is 64.6 Å². The Labute approximate surface area is 138 Å². The molecule has 1 aromatic rings. The number of alkyl carbamates (subject to hydrolysis) is 1. The average molecular weight is 321 g/mol. The van der Waals surface area contributed by atoms with E-state index in [2.05, 4.69) is 5.32 Å². The van der Waals surface area contributed by atoms with E-state index in [1.807, 2.05) is 31.2 Å². The number of carbonyl (C=O) groups excluding carboxylic acids is 2. The lowest BCUT2D eigenvalue weighted by molar-refractivity contribution is -0.148. The fraction of sp³-hybridized carbons (Fsp3) is 0.556. The van der Waals surface area contributed by atoms with Crippen molar-refractivity contribution in [3.63, 3.8) is 0 Å². The van der Waals surface area contributed by atoms with Gasteiger partial charge in [-0.25, -0.2) is 4.79 Å². The third kappa shape index (κ3) is 7.68. The van der Waals surface area contributed by atoms with Crippen LogP contribution in [0.25, 0.3) is 0 Å². The van der Waals surface area contributed by atoms with Crippen LogP contribution in [0.4, 0.5) is 4.79 Å². The first kappa shape index (κ1) is 19.0. The minimum absolute atomic E-state index is 0.0564. The molecule has 5 nitrogen and oxygen atoms in total. The van der Waals surface area contributed by atoms with Crippen molar-refractivity contribution < 1.29 is 19.1 Å². The first-order chi connectivity index (χ1) is 10.6. The average Bonchev–Trinajstić information content (AvgIpc) is 2.34. The van der Waals surface area contributed by atoms with E-state index >= 15 is 0 Å². The second kappa shape index (κ2) is 7.99. The maximum Gasteiger partial charge on any atom is 0.408 e. The molecule has 0 radical (unpaired) electrons. The molecule has 0 bridgehead atoms. The Kier molecular flexibility index (Phi) is 6.61. The van der Waals surface area contributed by atoms with Gasteiger partial charge in [0.2, 0.25) is 0 Å². The highest BCUT2D eigenvalue weighted by Gasteiger charge is 2.23. The summed E-state index contributed by atoms with van der Waals surface area (Å²) in [6.45, 7) is 10.9. The lowest BCUT2D eigenvalue weighted by Gasteiger charge is -2.24. The zero-order chi connectivity index (χ0) is 17.6. The second-order valence-corrected chi connectivity index (χ2v) is 6.86. The molecule has 1 rings (SSSR count). The molecule has 1 N–H and O–H groups in total. The summed E-state index contributed by atoms with van der Waals surface area (Å²) in [5.41, 5.74) is 1.30. The van der Waals surface area contributed by atoms with E-state index in [1.54, 1.807) is 34.6 Å². The second-order valence-electron chi connectivity index (χ2n) is 6.86. The molecule has 128 valence electrons. The lowest BCUT2D eigenvalue weighted by atomic mass is 10.0. The van der Waals surface area contributed by atoms with Crippen molar-refractivity contribution in [1.29, 1.82) is 0 Å². The predicted molar refractivity (Wildman–Crippen MR) is 89.1 cm³/mol. The van der Waals surface area contributed by atoms with Crippen LogP contribution in [0.3, 0.4) is 0 Å². The first-order valence-corrected chi connectivity index (χ1v) is 7.82. The molecule has 0 heterocycles. The summed E-state index contributed by atoms with van der Waals surface area (Å²) in [5, 5.41) is 2.76. The molecule has 0 aliphatic heterocycles. The molecule has 1 atom stereocenters. The molecule has 0 spiro atoms. The smallest absolute Gasteiger partial charge is 0.408 e. The summed E-state index contributed by atoms with van der Waals surface area (Å²) in [6.07, 6.45) is -0.690. The van der Waals surface area contributed by atoms with Crippen LogP contribution in [0.1, 0.15) is 58.2 Å². The maximum atomic E-state index is 12.0. The van der Waals surface area contributed by atoms with E-state index < -0.39 is 17.7 Å². The summed E-state index contributed by atoms with van der Waals surface area (Å²) < 4.78 is 10.5. The van der Waals surface area contributed by atoms with E-state index in [9.17, 15) is 9.59 Å². The van der Waals surface area contributed by atoms with Crippen LogP contribution >= 0.6 is 0 Å². The van der Waals surface area contributed by atoms with Gasteiger partial charge in [0.15, 0.2) is 0 Å². The van der Waals surface area contributed by atoms with E-state index in [1.165, 1.54) is 0 Å². The molecule has 0 fully saturated rings. The molecular formula is C18H27NO4. The zero-order valence-electron chi connectivity index (χ0n) is 14.8. The standard InChI is InChI=1S/C18H27NO4/c1-12(2)22-16(20)11-15(14-9-7-8-13(3)10-14)19-17(21)23-18(4,5)6/h7-10,12,15H,11H2,1-6H3,(H,19,21)/t15-/m1/s1. The minimum atomic E-state index is -0.598. The quantitative estimate of drug-likeness (QED) is 0.835. The number of carbonyl (C=O) groups is 2. The number of esters is 1.